The molecule has 5 heteroatoms. The summed E-state index contributed by atoms with van der Waals surface area (Å²) in [4.78, 5) is 15.4. The van der Waals surface area contributed by atoms with Crippen molar-refractivity contribution >= 4 is 16.8 Å². The Labute approximate surface area is 178 Å². The first-order valence-electron chi connectivity index (χ1n) is 10.8. The lowest BCUT2D eigenvalue weighted by Crippen LogP contribution is -2.34. The quantitative estimate of drug-likeness (QED) is 0.618. The number of amides is 1. The summed E-state index contributed by atoms with van der Waals surface area (Å²) < 4.78 is 7.79. The highest BCUT2D eigenvalue weighted by Gasteiger charge is 2.25. The van der Waals surface area contributed by atoms with Gasteiger partial charge in [0.2, 0.25) is 5.91 Å². The molecule has 0 aliphatic carbocycles. The summed E-state index contributed by atoms with van der Waals surface area (Å²) in [5, 5.41) is 4.32. The van der Waals surface area contributed by atoms with Crippen LogP contribution in [0.25, 0.3) is 10.9 Å². The van der Waals surface area contributed by atoms with Crippen LogP contribution >= 0.6 is 0 Å². The molecule has 0 bridgehead atoms. The van der Waals surface area contributed by atoms with Crippen molar-refractivity contribution in [2.75, 3.05) is 33.3 Å². The van der Waals surface area contributed by atoms with Crippen molar-refractivity contribution in [1.29, 1.82) is 0 Å². The second-order valence-electron chi connectivity index (χ2n) is 8.11. The zero-order valence-corrected chi connectivity index (χ0v) is 17.9. The first-order chi connectivity index (χ1) is 14.7. The molecule has 3 aromatic rings. The number of aryl methyl sites for hydroxylation is 1. The Kier molecular flexibility index (Phi) is 6.38. The molecule has 1 unspecified atom stereocenters. The Balaban J connectivity index is 1.60. The van der Waals surface area contributed by atoms with E-state index in [2.05, 4.69) is 58.4 Å². The molecule has 1 N–H and O–H groups in total. The predicted molar refractivity (Wildman–Crippen MR) is 121 cm³/mol. The fourth-order valence-electron chi connectivity index (χ4n) is 4.61. The minimum absolute atomic E-state index is 0.0703. The van der Waals surface area contributed by atoms with Crippen LogP contribution in [0.2, 0.25) is 0 Å². The van der Waals surface area contributed by atoms with Crippen LogP contribution in [-0.4, -0.2) is 48.7 Å². The molecule has 2 aromatic carbocycles. The molecule has 2 heterocycles. The van der Waals surface area contributed by atoms with Crippen molar-refractivity contribution in [3.63, 3.8) is 0 Å². The van der Waals surface area contributed by atoms with E-state index >= 15 is 0 Å². The third-order valence-corrected chi connectivity index (χ3v) is 6.16. The van der Waals surface area contributed by atoms with Gasteiger partial charge >= 0.3 is 0 Å². The van der Waals surface area contributed by atoms with Crippen LogP contribution < -0.4 is 10.1 Å². The molecular formula is C25H31N3O2. The predicted octanol–water partition coefficient (Wildman–Crippen LogP) is 3.92. The van der Waals surface area contributed by atoms with E-state index in [1.54, 1.807) is 7.11 Å². The summed E-state index contributed by atoms with van der Waals surface area (Å²) in [7, 11) is 3.75. The molecule has 1 amide bonds. The van der Waals surface area contributed by atoms with Gasteiger partial charge in [0.25, 0.3) is 0 Å². The Morgan fingerprint density at radius 2 is 1.80 bits per heavy atom. The van der Waals surface area contributed by atoms with Gasteiger partial charge in [-0.3, -0.25) is 4.79 Å². The van der Waals surface area contributed by atoms with Crippen molar-refractivity contribution in [3.05, 3.63) is 65.9 Å². The molecule has 30 heavy (non-hydrogen) atoms. The molecule has 0 spiro atoms. The van der Waals surface area contributed by atoms with Gasteiger partial charge in [-0.2, -0.15) is 0 Å². The van der Waals surface area contributed by atoms with E-state index < -0.39 is 0 Å². The first-order valence-corrected chi connectivity index (χ1v) is 10.8. The number of ether oxygens (including phenoxy) is 1. The summed E-state index contributed by atoms with van der Waals surface area (Å²) in [5.41, 5.74) is 3.38. The van der Waals surface area contributed by atoms with Crippen molar-refractivity contribution in [1.82, 2.24) is 14.8 Å². The van der Waals surface area contributed by atoms with E-state index in [4.69, 9.17) is 4.74 Å². The summed E-state index contributed by atoms with van der Waals surface area (Å²) in [6, 6.07) is 16.4. The number of para-hydroxylation sites is 2. The topological polar surface area (TPSA) is 46.5 Å². The molecule has 1 aromatic heterocycles. The fraction of sp³-hybridized carbons (Fsp3) is 0.400. The van der Waals surface area contributed by atoms with E-state index in [0.717, 1.165) is 36.5 Å². The van der Waals surface area contributed by atoms with Crippen LogP contribution in [0.1, 0.15) is 36.3 Å². The van der Waals surface area contributed by atoms with Gasteiger partial charge < -0.3 is 19.5 Å². The number of carbonyl (C=O) groups excluding carboxylic acids is 1. The number of fused-ring (bicyclic) bond motifs is 1. The van der Waals surface area contributed by atoms with Crippen LogP contribution in [0.15, 0.2) is 54.7 Å². The van der Waals surface area contributed by atoms with Gasteiger partial charge in [0, 0.05) is 55.1 Å². The number of aromatic nitrogens is 1. The number of nitrogens with one attached hydrogen (secondary N) is 1. The summed E-state index contributed by atoms with van der Waals surface area (Å²) in [5.74, 6) is 0.831. The summed E-state index contributed by atoms with van der Waals surface area (Å²) in [6.07, 6.45) is 5.09. The SMILES string of the molecule is COc1ccccc1C(CC(=O)NCCN1CCCC1)c1cn(C)c2ccccc12. The molecule has 1 saturated heterocycles. The van der Waals surface area contributed by atoms with Crippen molar-refractivity contribution in [2.24, 2.45) is 7.05 Å². The van der Waals surface area contributed by atoms with E-state index in [0.29, 0.717) is 13.0 Å². The molecule has 4 rings (SSSR count). The van der Waals surface area contributed by atoms with Gasteiger partial charge in [0.05, 0.1) is 7.11 Å². The third-order valence-electron chi connectivity index (χ3n) is 6.16. The van der Waals surface area contributed by atoms with Crippen molar-refractivity contribution in [3.8, 4) is 5.75 Å². The minimum atomic E-state index is -0.0703. The summed E-state index contributed by atoms with van der Waals surface area (Å²) in [6.45, 7) is 3.93. The van der Waals surface area contributed by atoms with Crippen LogP contribution in [0.3, 0.4) is 0 Å². The number of methoxy groups -OCH3 is 1. The molecule has 1 aliphatic heterocycles. The van der Waals surface area contributed by atoms with Crippen molar-refractivity contribution < 1.29 is 9.53 Å². The monoisotopic (exact) mass is 405 g/mol. The fourth-order valence-corrected chi connectivity index (χ4v) is 4.61. The molecule has 1 aliphatic rings. The maximum atomic E-state index is 12.9. The van der Waals surface area contributed by atoms with Crippen molar-refractivity contribution in [2.45, 2.75) is 25.2 Å². The molecule has 0 radical (unpaired) electrons. The van der Waals surface area contributed by atoms with Crippen LogP contribution in [0.4, 0.5) is 0 Å². The Hall–Kier alpha value is -2.79. The highest BCUT2D eigenvalue weighted by atomic mass is 16.5. The number of carbonyl (C=O) groups is 1. The lowest BCUT2D eigenvalue weighted by molar-refractivity contribution is -0.121. The van der Waals surface area contributed by atoms with Crippen LogP contribution in [-0.2, 0) is 11.8 Å². The third kappa shape index (κ3) is 4.36. The van der Waals surface area contributed by atoms with Gasteiger partial charge in [0.15, 0.2) is 0 Å². The maximum absolute atomic E-state index is 12.9. The van der Waals surface area contributed by atoms with Gasteiger partial charge in [-0.1, -0.05) is 36.4 Å². The molecule has 5 nitrogen and oxygen atoms in total. The van der Waals surface area contributed by atoms with Gasteiger partial charge in [-0.15, -0.1) is 0 Å². The first kappa shape index (κ1) is 20.5. The zero-order chi connectivity index (χ0) is 20.9. The molecule has 0 saturated carbocycles. The average Bonchev–Trinajstić information content (AvgIpc) is 3.40. The second-order valence-corrected chi connectivity index (χ2v) is 8.11. The van der Waals surface area contributed by atoms with Gasteiger partial charge in [-0.25, -0.2) is 0 Å². The van der Waals surface area contributed by atoms with E-state index in [9.17, 15) is 4.79 Å². The lowest BCUT2D eigenvalue weighted by atomic mass is 9.87. The van der Waals surface area contributed by atoms with Crippen LogP contribution in [0.5, 0.6) is 5.75 Å². The number of likely N-dealkylation sites (tertiary alicyclic amines) is 1. The largest absolute Gasteiger partial charge is 0.496 e. The number of rotatable bonds is 8. The van der Waals surface area contributed by atoms with Gasteiger partial charge in [-0.05, 0) is 43.6 Å². The van der Waals surface area contributed by atoms with Gasteiger partial charge in [0.1, 0.15) is 5.75 Å². The minimum Gasteiger partial charge on any atom is -0.496 e. The normalized spacial score (nSPS) is 15.4. The molecule has 1 atom stereocenters. The highest BCUT2D eigenvalue weighted by Crippen LogP contribution is 2.38. The number of benzene rings is 2. The maximum Gasteiger partial charge on any atom is 0.220 e. The molecule has 158 valence electrons. The number of hydrogen-bond acceptors (Lipinski definition) is 3. The van der Waals surface area contributed by atoms with E-state index in [1.165, 1.54) is 23.7 Å². The summed E-state index contributed by atoms with van der Waals surface area (Å²) >= 11 is 0. The number of hydrogen-bond donors (Lipinski definition) is 1. The number of nitrogens with zero attached hydrogens (tertiary/aromatic N) is 2. The Morgan fingerprint density at radius 3 is 2.60 bits per heavy atom. The lowest BCUT2D eigenvalue weighted by Gasteiger charge is -2.20. The molecular weight excluding hydrogens is 374 g/mol. The molecule has 1 fully saturated rings. The smallest absolute Gasteiger partial charge is 0.220 e. The average molecular weight is 406 g/mol. The van der Waals surface area contributed by atoms with E-state index in [-0.39, 0.29) is 11.8 Å². The second kappa shape index (κ2) is 9.35. The highest BCUT2D eigenvalue weighted by molar-refractivity contribution is 5.86. The van der Waals surface area contributed by atoms with Crippen LogP contribution in [0, 0.1) is 0 Å². The van der Waals surface area contributed by atoms with E-state index in [1.807, 2.05) is 18.2 Å². The Bertz CT molecular complexity index is 1000. The Morgan fingerprint density at radius 1 is 1.07 bits per heavy atom. The zero-order valence-electron chi connectivity index (χ0n) is 17.9. The standard InChI is InChI=1S/C25H31N3O2/c1-27-18-22(19-9-3-5-11-23(19)27)21(20-10-4-6-12-24(20)30-2)17-25(29)26-13-16-28-14-7-8-15-28/h3-6,9-12,18,21H,7-8,13-17H2,1-2H3,(H,26,29).